The number of hydrogen-bond acceptors (Lipinski definition) is 1. The van der Waals surface area contributed by atoms with E-state index < -0.39 is 0 Å². The fraction of sp³-hybridized carbons (Fsp3) is 0.625. The van der Waals surface area contributed by atoms with E-state index in [2.05, 4.69) is 6.58 Å². The van der Waals surface area contributed by atoms with E-state index in [1.54, 1.807) is 6.08 Å². The molecule has 0 N–H and O–H groups in total. The Bertz CT molecular complexity index is 131. The topological polar surface area (TPSA) is 20.3 Å². The molecule has 2 heteroatoms. The van der Waals surface area contributed by atoms with Crippen molar-refractivity contribution in [1.29, 1.82) is 0 Å². The van der Waals surface area contributed by atoms with E-state index in [1.165, 1.54) is 0 Å². The number of carbonyl (C=O) groups excluding carboxylic acids is 1. The minimum atomic E-state index is 0. The fourth-order valence-electron chi connectivity index (χ4n) is 1.05. The van der Waals surface area contributed by atoms with Gasteiger partial charge >= 0.3 is 0 Å². The van der Waals surface area contributed by atoms with Crippen LogP contribution < -0.4 is 0 Å². The van der Waals surface area contributed by atoms with Crippen molar-refractivity contribution in [3.8, 4) is 0 Å². The zero-order valence-corrected chi connectivity index (χ0v) is 5.47. The first kappa shape index (κ1) is 9.21. The molecule has 1 aliphatic rings. The molecule has 0 atom stereocenters. The molecule has 0 unspecified atom stereocenters. The normalized spacial score (nSPS) is 16.8. The van der Waals surface area contributed by atoms with Crippen LogP contribution in [0, 0.1) is 0 Å². The summed E-state index contributed by atoms with van der Waals surface area (Å²) < 4.78 is 0. The summed E-state index contributed by atoms with van der Waals surface area (Å²) in [6, 6.07) is 0. The second kappa shape index (κ2) is 4.09. The number of nitrogens with zero attached hydrogens (tertiary/aromatic N) is 1. The first-order valence-corrected chi connectivity index (χ1v) is 3.23. The van der Waals surface area contributed by atoms with Crippen LogP contribution in [0.25, 0.3) is 0 Å². The number of hydrogen-bond donors (Lipinski definition) is 0. The maximum Gasteiger partial charge on any atom is 0.222 e. The first-order chi connectivity index (χ1) is 4.34. The van der Waals surface area contributed by atoms with Crippen molar-refractivity contribution in [3.63, 3.8) is 0 Å². The summed E-state index contributed by atoms with van der Waals surface area (Å²) in [5, 5.41) is 0. The number of rotatable bonds is 2. The van der Waals surface area contributed by atoms with Crippen molar-refractivity contribution in [1.82, 2.24) is 4.90 Å². The minimum Gasteiger partial charge on any atom is -0.339 e. The van der Waals surface area contributed by atoms with Crippen LogP contribution in [-0.4, -0.2) is 23.9 Å². The molecule has 0 aromatic rings. The molecule has 0 saturated carbocycles. The quantitative estimate of drug-likeness (QED) is 0.533. The number of likely N-dealkylation sites (tertiary alicyclic amines) is 1. The lowest BCUT2D eigenvalue weighted by Crippen LogP contribution is -2.24. The lowest BCUT2D eigenvalue weighted by atomic mass is 10.4. The molecule has 0 aromatic heterocycles. The monoisotopic (exact) mass is 141 g/mol. The van der Waals surface area contributed by atoms with Crippen molar-refractivity contribution in [3.05, 3.63) is 12.7 Å². The Morgan fingerprint density at radius 3 is 2.80 bits per heavy atom. The van der Waals surface area contributed by atoms with Gasteiger partial charge in [-0.2, -0.15) is 0 Å². The predicted molar refractivity (Wildman–Crippen MR) is 42.7 cm³/mol. The highest BCUT2D eigenvalue weighted by molar-refractivity contribution is 5.78. The minimum absolute atomic E-state index is 0. The maximum absolute atomic E-state index is 10.8. The van der Waals surface area contributed by atoms with Gasteiger partial charge in [0.25, 0.3) is 0 Å². The molecule has 1 amide bonds. The highest BCUT2D eigenvalue weighted by Gasteiger charge is 2.17. The summed E-state index contributed by atoms with van der Waals surface area (Å²) in [6.07, 6.45) is 3.52. The van der Waals surface area contributed by atoms with E-state index in [0.717, 1.165) is 25.9 Å². The van der Waals surface area contributed by atoms with Crippen LogP contribution in [0.1, 0.15) is 20.3 Å². The van der Waals surface area contributed by atoms with Gasteiger partial charge in [-0.15, -0.1) is 6.58 Å². The zero-order valence-electron chi connectivity index (χ0n) is 5.47. The van der Waals surface area contributed by atoms with E-state index >= 15 is 0 Å². The molecule has 0 spiro atoms. The number of amides is 1. The second-order valence-electron chi connectivity index (χ2n) is 2.23. The summed E-state index contributed by atoms with van der Waals surface area (Å²) in [5.74, 6) is 0.273. The molecule has 1 heterocycles. The van der Waals surface area contributed by atoms with Gasteiger partial charge in [0.05, 0.1) is 0 Å². The zero-order chi connectivity index (χ0) is 6.69. The Morgan fingerprint density at radius 1 is 1.70 bits per heavy atom. The molecule has 58 valence electrons. The lowest BCUT2D eigenvalue weighted by Gasteiger charge is -2.10. The molecule has 1 saturated heterocycles. The van der Waals surface area contributed by atoms with Crippen LogP contribution in [0.3, 0.4) is 0 Å². The molecular formula is C8H15NO. The van der Waals surface area contributed by atoms with Crippen LogP contribution in [0.4, 0.5) is 0 Å². The molecule has 0 aliphatic carbocycles. The highest BCUT2D eigenvalue weighted by Crippen LogP contribution is 2.07. The summed E-state index contributed by atoms with van der Waals surface area (Å²) in [4.78, 5) is 12.7. The van der Waals surface area contributed by atoms with Crippen LogP contribution in [0.2, 0.25) is 0 Å². The van der Waals surface area contributed by atoms with Gasteiger partial charge in [-0.1, -0.05) is 13.5 Å². The van der Waals surface area contributed by atoms with Crippen LogP contribution in [-0.2, 0) is 4.79 Å². The van der Waals surface area contributed by atoms with E-state index in [9.17, 15) is 4.79 Å². The molecule has 10 heavy (non-hydrogen) atoms. The standard InChI is InChI=1S/C7H11NO.CH4/c1-2-5-8-6-3-4-7(8)9;/h2H,1,3-6H2;1H4. The fourth-order valence-corrected chi connectivity index (χ4v) is 1.05. The van der Waals surface area contributed by atoms with Crippen molar-refractivity contribution >= 4 is 5.91 Å². The maximum atomic E-state index is 10.8. The van der Waals surface area contributed by atoms with E-state index in [-0.39, 0.29) is 13.3 Å². The van der Waals surface area contributed by atoms with Gasteiger partial charge in [0, 0.05) is 19.5 Å². The van der Waals surface area contributed by atoms with Gasteiger partial charge in [-0.05, 0) is 6.42 Å². The molecule has 1 fully saturated rings. The SMILES string of the molecule is C.C=CCN1CCCC1=O. The average Bonchev–Trinajstić information content (AvgIpc) is 2.18. The summed E-state index contributed by atoms with van der Waals surface area (Å²) >= 11 is 0. The molecule has 2 nitrogen and oxygen atoms in total. The Kier molecular flexibility index (Phi) is 3.77. The van der Waals surface area contributed by atoms with E-state index in [4.69, 9.17) is 0 Å². The van der Waals surface area contributed by atoms with Gasteiger partial charge in [-0.25, -0.2) is 0 Å². The third-order valence-corrected chi connectivity index (χ3v) is 1.52. The molecule has 0 bridgehead atoms. The van der Waals surface area contributed by atoms with E-state index in [1.807, 2.05) is 4.90 Å². The Balaban J connectivity index is 0.000000810. The number of carbonyl (C=O) groups is 1. The van der Waals surface area contributed by atoms with Crippen LogP contribution in [0.5, 0.6) is 0 Å². The van der Waals surface area contributed by atoms with Crippen molar-refractivity contribution < 1.29 is 4.79 Å². The Morgan fingerprint density at radius 2 is 2.40 bits per heavy atom. The largest absolute Gasteiger partial charge is 0.339 e. The highest BCUT2D eigenvalue weighted by atomic mass is 16.2. The summed E-state index contributed by atoms with van der Waals surface area (Å²) in [7, 11) is 0. The van der Waals surface area contributed by atoms with Gasteiger partial charge in [0.15, 0.2) is 0 Å². The van der Waals surface area contributed by atoms with Crippen LogP contribution >= 0.6 is 0 Å². The van der Waals surface area contributed by atoms with Crippen molar-refractivity contribution in [2.75, 3.05) is 13.1 Å². The Labute approximate surface area is 62.5 Å². The predicted octanol–water partition coefficient (Wildman–Crippen LogP) is 1.43. The van der Waals surface area contributed by atoms with Gasteiger partial charge in [-0.3, -0.25) is 4.79 Å². The molecule has 1 aliphatic heterocycles. The van der Waals surface area contributed by atoms with Crippen molar-refractivity contribution in [2.24, 2.45) is 0 Å². The third kappa shape index (κ3) is 1.87. The molecule has 1 rings (SSSR count). The average molecular weight is 141 g/mol. The smallest absolute Gasteiger partial charge is 0.222 e. The van der Waals surface area contributed by atoms with Crippen molar-refractivity contribution in [2.45, 2.75) is 20.3 Å². The summed E-state index contributed by atoms with van der Waals surface area (Å²) in [6.45, 7) is 5.21. The second-order valence-corrected chi connectivity index (χ2v) is 2.23. The van der Waals surface area contributed by atoms with Gasteiger partial charge in [0.1, 0.15) is 0 Å². The van der Waals surface area contributed by atoms with Gasteiger partial charge < -0.3 is 4.90 Å². The van der Waals surface area contributed by atoms with Crippen LogP contribution in [0.15, 0.2) is 12.7 Å². The van der Waals surface area contributed by atoms with E-state index in [0.29, 0.717) is 0 Å². The molecule has 0 aromatic carbocycles. The lowest BCUT2D eigenvalue weighted by molar-refractivity contribution is -0.127. The van der Waals surface area contributed by atoms with Gasteiger partial charge in [0.2, 0.25) is 5.91 Å². The summed E-state index contributed by atoms with van der Waals surface area (Å²) in [5.41, 5.74) is 0. The third-order valence-electron chi connectivity index (χ3n) is 1.52. The molecule has 0 radical (unpaired) electrons. The Hall–Kier alpha value is -0.790. The molecular weight excluding hydrogens is 126 g/mol. The first-order valence-electron chi connectivity index (χ1n) is 3.23.